The van der Waals surface area contributed by atoms with E-state index in [2.05, 4.69) is 4.72 Å². The molecule has 6 heteroatoms. The van der Waals surface area contributed by atoms with Gasteiger partial charge in [-0.25, -0.2) is 13.1 Å². The Hall–Kier alpha value is -1.11. The van der Waals surface area contributed by atoms with E-state index in [1.54, 1.807) is 13.2 Å². The van der Waals surface area contributed by atoms with Gasteiger partial charge in [-0.3, -0.25) is 0 Å². The van der Waals surface area contributed by atoms with Crippen LogP contribution in [0.2, 0.25) is 0 Å². The van der Waals surface area contributed by atoms with Crippen LogP contribution in [-0.2, 0) is 14.8 Å². The van der Waals surface area contributed by atoms with Crippen LogP contribution in [0.3, 0.4) is 0 Å². The molecule has 2 unspecified atom stereocenters. The van der Waals surface area contributed by atoms with Crippen LogP contribution in [-0.4, -0.2) is 27.7 Å². The number of ether oxygens (including phenoxy) is 1. The number of methoxy groups -OCH3 is 1. The third kappa shape index (κ3) is 2.80. The summed E-state index contributed by atoms with van der Waals surface area (Å²) in [4.78, 5) is 0.222. The van der Waals surface area contributed by atoms with Crippen LogP contribution in [0.15, 0.2) is 17.0 Å². The first kappa shape index (κ1) is 16.3. The number of sulfonamides is 1. The van der Waals surface area contributed by atoms with E-state index in [-0.39, 0.29) is 22.5 Å². The molecule has 2 rings (SSSR count). The van der Waals surface area contributed by atoms with Crippen molar-refractivity contribution in [2.24, 2.45) is 5.41 Å². The maximum atomic E-state index is 12.5. The fraction of sp³-hybridized carbons (Fsp3) is 0.600. The monoisotopic (exact) mass is 312 g/mol. The first-order valence-electron chi connectivity index (χ1n) is 7.01. The highest BCUT2D eigenvalue weighted by atomic mass is 32.2. The van der Waals surface area contributed by atoms with Crippen LogP contribution in [0.5, 0.6) is 0 Å². The smallest absolute Gasteiger partial charge is 0.240 e. The van der Waals surface area contributed by atoms with Crippen LogP contribution in [0, 0.1) is 19.3 Å². The molecule has 0 spiro atoms. The third-order valence-corrected chi connectivity index (χ3v) is 6.20. The molecule has 2 atom stereocenters. The summed E-state index contributed by atoms with van der Waals surface area (Å²) in [6.45, 7) is 7.75. The van der Waals surface area contributed by atoms with Crippen molar-refractivity contribution in [1.82, 2.24) is 4.72 Å². The summed E-state index contributed by atoms with van der Waals surface area (Å²) in [6, 6.07) is 3.05. The molecule has 0 aromatic heterocycles. The lowest BCUT2D eigenvalue weighted by atomic mass is 9.65. The van der Waals surface area contributed by atoms with E-state index < -0.39 is 10.0 Å². The van der Waals surface area contributed by atoms with Gasteiger partial charge in [-0.05, 0) is 43.5 Å². The number of hydrogen-bond acceptors (Lipinski definition) is 4. The summed E-state index contributed by atoms with van der Waals surface area (Å²) < 4.78 is 33.2. The van der Waals surface area contributed by atoms with Gasteiger partial charge in [0, 0.05) is 24.3 Å². The van der Waals surface area contributed by atoms with Gasteiger partial charge >= 0.3 is 0 Å². The summed E-state index contributed by atoms with van der Waals surface area (Å²) in [6.07, 6.45) is 0.762. The number of aryl methyl sites for hydroxylation is 1. The molecule has 1 aliphatic carbocycles. The molecular formula is C15H24N2O3S. The van der Waals surface area contributed by atoms with E-state index in [0.717, 1.165) is 11.1 Å². The van der Waals surface area contributed by atoms with E-state index >= 15 is 0 Å². The number of nitrogens with one attached hydrogen (secondary N) is 1. The highest BCUT2D eigenvalue weighted by Crippen LogP contribution is 2.43. The van der Waals surface area contributed by atoms with Crippen molar-refractivity contribution in [1.29, 1.82) is 0 Å². The zero-order chi connectivity index (χ0) is 16.0. The standard InChI is InChI=1S/C15H24N2O3S/c1-9-6-11(7-12(16)10(9)2)21(18,19)17-13-8-14(20-5)15(13,3)4/h6-7,13-14,17H,8,16H2,1-5H3. The Labute approximate surface area is 126 Å². The Morgan fingerprint density at radius 1 is 1.33 bits per heavy atom. The topological polar surface area (TPSA) is 81.4 Å². The van der Waals surface area contributed by atoms with Gasteiger partial charge in [0.2, 0.25) is 10.0 Å². The molecule has 118 valence electrons. The highest BCUT2D eigenvalue weighted by molar-refractivity contribution is 7.89. The molecule has 1 saturated carbocycles. The second kappa shape index (κ2) is 5.26. The Morgan fingerprint density at radius 3 is 2.43 bits per heavy atom. The molecule has 1 aromatic carbocycles. The molecule has 0 radical (unpaired) electrons. The number of anilines is 1. The molecule has 0 amide bonds. The van der Waals surface area contributed by atoms with E-state index in [1.165, 1.54) is 6.07 Å². The number of rotatable bonds is 4. The molecule has 0 bridgehead atoms. The summed E-state index contributed by atoms with van der Waals surface area (Å²) >= 11 is 0. The molecule has 21 heavy (non-hydrogen) atoms. The van der Waals surface area contributed by atoms with E-state index in [9.17, 15) is 8.42 Å². The summed E-state index contributed by atoms with van der Waals surface area (Å²) in [5.41, 5.74) is 7.95. The van der Waals surface area contributed by atoms with E-state index in [1.807, 2.05) is 27.7 Å². The van der Waals surface area contributed by atoms with Crippen LogP contribution in [0.4, 0.5) is 5.69 Å². The van der Waals surface area contributed by atoms with Crippen molar-refractivity contribution in [3.05, 3.63) is 23.3 Å². The lowest BCUT2D eigenvalue weighted by molar-refractivity contribution is -0.0908. The fourth-order valence-electron chi connectivity index (χ4n) is 2.75. The molecular weight excluding hydrogens is 288 g/mol. The van der Waals surface area contributed by atoms with Crippen LogP contribution in [0.1, 0.15) is 31.4 Å². The van der Waals surface area contributed by atoms with Gasteiger partial charge in [0.15, 0.2) is 0 Å². The van der Waals surface area contributed by atoms with Gasteiger partial charge in [-0.15, -0.1) is 0 Å². The van der Waals surface area contributed by atoms with Crippen molar-refractivity contribution in [2.75, 3.05) is 12.8 Å². The Balaban J connectivity index is 2.25. The molecule has 0 heterocycles. The molecule has 1 aromatic rings. The number of benzene rings is 1. The number of nitrogens with two attached hydrogens (primary N) is 1. The van der Waals surface area contributed by atoms with Gasteiger partial charge < -0.3 is 10.5 Å². The first-order chi connectivity index (χ1) is 9.59. The second-order valence-corrected chi connectivity index (χ2v) is 8.12. The second-order valence-electron chi connectivity index (χ2n) is 6.41. The van der Waals surface area contributed by atoms with Crippen LogP contribution < -0.4 is 10.5 Å². The average Bonchev–Trinajstić information content (AvgIpc) is 2.39. The van der Waals surface area contributed by atoms with Crippen molar-refractivity contribution >= 4 is 15.7 Å². The van der Waals surface area contributed by atoms with Gasteiger partial charge in [0.05, 0.1) is 11.0 Å². The summed E-state index contributed by atoms with van der Waals surface area (Å²) in [5, 5.41) is 0. The van der Waals surface area contributed by atoms with Crippen LogP contribution >= 0.6 is 0 Å². The maximum Gasteiger partial charge on any atom is 0.240 e. The van der Waals surface area contributed by atoms with Crippen molar-refractivity contribution in [3.8, 4) is 0 Å². The maximum absolute atomic E-state index is 12.5. The summed E-state index contributed by atoms with van der Waals surface area (Å²) in [7, 11) is -1.92. The largest absolute Gasteiger partial charge is 0.398 e. The van der Waals surface area contributed by atoms with Crippen molar-refractivity contribution in [3.63, 3.8) is 0 Å². The average molecular weight is 312 g/mol. The third-order valence-electron chi connectivity index (χ3n) is 4.75. The Bertz CT molecular complexity index is 630. The van der Waals surface area contributed by atoms with Crippen LogP contribution in [0.25, 0.3) is 0 Å². The molecule has 5 nitrogen and oxygen atoms in total. The van der Waals surface area contributed by atoms with Gasteiger partial charge in [-0.1, -0.05) is 13.8 Å². The predicted molar refractivity (Wildman–Crippen MR) is 83.6 cm³/mol. The Kier molecular flexibility index (Phi) is 4.08. The first-order valence-corrected chi connectivity index (χ1v) is 8.49. The van der Waals surface area contributed by atoms with E-state index in [4.69, 9.17) is 10.5 Å². The lowest BCUT2D eigenvalue weighted by Crippen LogP contribution is -2.61. The minimum Gasteiger partial charge on any atom is -0.398 e. The fourth-order valence-corrected chi connectivity index (χ4v) is 4.27. The minimum atomic E-state index is -3.57. The summed E-state index contributed by atoms with van der Waals surface area (Å²) in [5.74, 6) is 0. The van der Waals surface area contributed by atoms with E-state index in [0.29, 0.717) is 12.1 Å². The molecule has 1 fully saturated rings. The molecule has 3 N–H and O–H groups in total. The van der Waals surface area contributed by atoms with Gasteiger partial charge in [0.25, 0.3) is 0 Å². The lowest BCUT2D eigenvalue weighted by Gasteiger charge is -2.50. The molecule has 0 aliphatic heterocycles. The zero-order valence-corrected chi connectivity index (χ0v) is 14.0. The zero-order valence-electron chi connectivity index (χ0n) is 13.2. The molecule has 1 aliphatic rings. The number of nitrogen functional groups attached to an aromatic ring is 1. The quantitative estimate of drug-likeness (QED) is 0.833. The van der Waals surface area contributed by atoms with Crippen molar-refractivity contribution < 1.29 is 13.2 Å². The Morgan fingerprint density at radius 2 is 1.95 bits per heavy atom. The predicted octanol–water partition coefficient (Wildman–Crippen LogP) is 1.98. The van der Waals surface area contributed by atoms with Gasteiger partial charge in [-0.2, -0.15) is 0 Å². The number of hydrogen-bond donors (Lipinski definition) is 2. The highest BCUT2D eigenvalue weighted by Gasteiger charge is 2.50. The van der Waals surface area contributed by atoms with Crippen molar-refractivity contribution in [2.45, 2.75) is 51.2 Å². The molecule has 0 saturated heterocycles. The minimum absolute atomic E-state index is 0.0787. The SMILES string of the molecule is COC1CC(NS(=O)(=O)c2cc(C)c(C)c(N)c2)C1(C)C. The van der Waals surface area contributed by atoms with Gasteiger partial charge in [0.1, 0.15) is 0 Å². The normalized spacial score (nSPS) is 24.6.